The minimum Gasteiger partial charge on any atom is -0.486 e. The quantitative estimate of drug-likeness (QED) is 0.862. The van der Waals surface area contributed by atoms with E-state index >= 15 is 0 Å². The first-order chi connectivity index (χ1) is 11.6. The summed E-state index contributed by atoms with van der Waals surface area (Å²) < 4.78 is 13.0. The predicted octanol–water partition coefficient (Wildman–Crippen LogP) is 2.44. The van der Waals surface area contributed by atoms with Crippen LogP contribution in [0.25, 0.3) is 0 Å². The highest BCUT2D eigenvalue weighted by Crippen LogP contribution is 2.38. The van der Waals surface area contributed by atoms with Crippen LogP contribution in [0.3, 0.4) is 0 Å². The number of amides is 1. The van der Waals surface area contributed by atoms with E-state index in [-0.39, 0.29) is 11.3 Å². The highest BCUT2D eigenvalue weighted by molar-refractivity contribution is 9.10. The molecule has 0 saturated carbocycles. The second-order valence-corrected chi connectivity index (χ2v) is 6.06. The van der Waals surface area contributed by atoms with Gasteiger partial charge in [-0.15, -0.1) is 0 Å². The van der Waals surface area contributed by atoms with Gasteiger partial charge in [-0.25, -0.2) is 4.68 Å². The van der Waals surface area contributed by atoms with E-state index in [1.807, 2.05) is 6.92 Å². The Bertz CT molecular complexity index is 835. The molecule has 0 atom stereocenters. The molecule has 1 aromatic heterocycles. The minimum absolute atomic E-state index is 0.171. The summed E-state index contributed by atoms with van der Waals surface area (Å²) in [4.78, 5) is 24.1. The number of nitrogens with zero attached hydrogens (tertiary/aromatic N) is 2. The Morgan fingerprint density at radius 3 is 2.71 bits per heavy atom. The van der Waals surface area contributed by atoms with Crippen molar-refractivity contribution in [2.24, 2.45) is 0 Å². The van der Waals surface area contributed by atoms with Gasteiger partial charge in [0.05, 0.1) is 5.69 Å². The average Bonchev–Trinajstić information content (AvgIpc) is 2.57. The van der Waals surface area contributed by atoms with Gasteiger partial charge in [0.2, 0.25) is 0 Å². The van der Waals surface area contributed by atoms with Crippen LogP contribution in [-0.4, -0.2) is 28.9 Å². The van der Waals surface area contributed by atoms with E-state index in [9.17, 15) is 9.59 Å². The third-order valence-corrected chi connectivity index (χ3v) is 4.07. The fourth-order valence-electron chi connectivity index (χ4n) is 2.29. The molecule has 2 aromatic rings. The number of benzene rings is 1. The maximum Gasteiger partial charge on any atom is 0.276 e. The van der Waals surface area contributed by atoms with Crippen molar-refractivity contribution in [3.63, 3.8) is 0 Å². The van der Waals surface area contributed by atoms with Crippen molar-refractivity contribution in [2.75, 3.05) is 18.5 Å². The molecule has 7 nitrogen and oxygen atoms in total. The lowest BCUT2D eigenvalue weighted by Gasteiger charge is -2.20. The van der Waals surface area contributed by atoms with Crippen molar-refractivity contribution in [3.05, 3.63) is 44.8 Å². The first kappa shape index (κ1) is 16.5. The zero-order valence-corrected chi connectivity index (χ0v) is 14.6. The largest absolute Gasteiger partial charge is 0.486 e. The number of nitrogens with one attached hydrogen (secondary N) is 1. The maximum atomic E-state index is 12.4. The summed E-state index contributed by atoms with van der Waals surface area (Å²) in [6.07, 6.45) is 0.756. The standard InChI is InChI=1S/C16H16BrN3O4/c1-2-5-20-15(21)4-3-11(19-20)16(22)18-12-9-14-13(8-10(12)17)23-6-7-24-14/h3-4,8-9H,2,5-7H2,1H3,(H,18,22). The fraction of sp³-hybridized carbons (Fsp3) is 0.312. The SMILES string of the molecule is CCCn1nc(C(=O)Nc2cc3c(cc2Br)OCCO3)ccc1=O. The fourth-order valence-corrected chi connectivity index (χ4v) is 2.71. The topological polar surface area (TPSA) is 82.5 Å². The van der Waals surface area contributed by atoms with E-state index in [0.717, 1.165) is 6.42 Å². The highest BCUT2D eigenvalue weighted by Gasteiger charge is 2.17. The number of ether oxygens (including phenoxy) is 2. The van der Waals surface area contributed by atoms with Gasteiger partial charge in [0, 0.05) is 29.2 Å². The molecule has 1 aliphatic rings. The molecule has 3 rings (SSSR count). The van der Waals surface area contributed by atoms with Crippen LogP contribution in [0.2, 0.25) is 0 Å². The van der Waals surface area contributed by atoms with Gasteiger partial charge in [-0.2, -0.15) is 5.10 Å². The second-order valence-electron chi connectivity index (χ2n) is 5.21. The van der Waals surface area contributed by atoms with Crippen molar-refractivity contribution < 1.29 is 14.3 Å². The van der Waals surface area contributed by atoms with E-state index in [0.29, 0.717) is 41.4 Å². The van der Waals surface area contributed by atoms with E-state index in [1.54, 1.807) is 12.1 Å². The Labute approximate surface area is 146 Å². The number of aromatic nitrogens is 2. The normalized spacial score (nSPS) is 12.8. The molecule has 1 aromatic carbocycles. The van der Waals surface area contributed by atoms with E-state index in [2.05, 4.69) is 26.3 Å². The van der Waals surface area contributed by atoms with E-state index < -0.39 is 5.91 Å². The third kappa shape index (κ3) is 3.43. The van der Waals surface area contributed by atoms with Gasteiger partial charge in [-0.1, -0.05) is 6.92 Å². The Kier molecular flexibility index (Phi) is 4.84. The summed E-state index contributed by atoms with van der Waals surface area (Å²) in [6, 6.07) is 6.19. The average molecular weight is 394 g/mol. The molecule has 1 aliphatic heterocycles. The van der Waals surface area contributed by atoms with Crippen molar-refractivity contribution in [1.82, 2.24) is 9.78 Å². The second kappa shape index (κ2) is 7.04. The summed E-state index contributed by atoms with van der Waals surface area (Å²) >= 11 is 3.40. The Balaban J connectivity index is 1.85. The van der Waals surface area contributed by atoms with Gasteiger partial charge in [-0.3, -0.25) is 9.59 Å². The number of fused-ring (bicyclic) bond motifs is 1. The van der Waals surface area contributed by atoms with Gasteiger partial charge in [0.1, 0.15) is 18.9 Å². The lowest BCUT2D eigenvalue weighted by atomic mass is 10.2. The molecule has 0 saturated heterocycles. The Morgan fingerprint density at radius 1 is 1.29 bits per heavy atom. The lowest BCUT2D eigenvalue weighted by Crippen LogP contribution is -2.26. The van der Waals surface area contributed by atoms with Gasteiger partial charge < -0.3 is 14.8 Å². The molecule has 1 amide bonds. The van der Waals surface area contributed by atoms with Crippen molar-refractivity contribution in [3.8, 4) is 11.5 Å². The first-order valence-electron chi connectivity index (χ1n) is 7.57. The maximum absolute atomic E-state index is 12.4. The van der Waals surface area contributed by atoms with Crippen LogP contribution < -0.4 is 20.3 Å². The third-order valence-electron chi connectivity index (χ3n) is 3.41. The molecule has 0 aliphatic carbocycles. The summed E-state index contributed by atoms with van der Waals surface area (Å²) in [5, 5.41) is 6.86. The number of rotatable bonds is 4. The molecule has 1 N–H and O–H groups in total. The van der Waals surface area contributed by atoms with Crippen molar-refractivity contribution in [2.45, 2.75) is 19.9 Å². The van der Waals surface area contributed by atoms with Crippen LogP contribution in [0, 0.1) is 0 Å². The first-order valence-corrected chi connectivity index (χ1v) is 8.36. The van der Waals surface area contributed by atoms with Gasteiger partial charge in [-0.05, 0) is 28.4 Å². The monoisotopic (exact) mass is 393 g/mol. The van der Waals surface area contributed by atoms with Crippen LogP contribution in [0.15, 0.2) is 33.5 Å². The van der Waals surface area contributed by atoms with Crippen LogP contribution in [0.1, 0.15) is 23.8 Å². The summed E-state index contributed by atoms with van der Waals surface area (Å²) in [6.45, 7) is 3.36. The molecular formula is C16H16BrN3O4. The Morgan fingerprint density at radius 2 is 2.00 bits per heavy atom. The smallest absolute Gasteiger partial charge is 0.276 e. The molecule has 8 heteroatoms. The molecule has 24 heavy (non-hydrogen) atoms. The summed E-state index contributed by atoms with van der Waals surface area (Å²) in [5.74, 6) is 0.793. The number of carbonyl (C=O) groups excluding carboxylic acids is 1. The van der Waals surface area contributed by atoms with Crippen LogP contribution in [-0.2, 0) is 6.54 Å². The van der Waals surface area contributed by atoms with Gasteiger partial charge in [0.15, 0.2) is 11.5 Å². The summed E-state index contributed by atoms with van der Waals surface area (Å²) in [7, 11) is 0. The number of halogens is 1. The zero-order valence-electron chi connectivity index (χ0n) is 13.0. The lowest BCUT2D eigenvalue weighted by molar-refractivity contribution is 0.101. The molecule has 126 valence electrons. The Hall–Kier alpha value is -2.35. The molecule has 0 radical (unpaired) electrons. The van der Waals surface area contributed by atoms with Crippen molar-refractivity contribution in [1.29, 1.82) is 0 Å². The minimum atomic E-state index is -0.405. The summed E-state index contributed by atoms with van der Waals surface area (Å²) in [5.41, 5.74) is 0.484. The molecular weight excluding hydrogens is 378 g/mol. The molecule has 0 unspecified atom stereocenters. The van der Waals surface area contributed by atoms with Gasteiger partial charge in [0.25, 0.3) is 11.5 Å². The van der Waals surface area contributed by atoms with Crippen LogP contribution in [0.4, 0.5) is 5.69 Å². The number of hydrogen-bond donors (Lipinski definition) is 1. The van der Waals surface area contributed by atoms with Crippen LogP contribution >= 0.6 is 15.9 Å². The predicted molar refractivity (Wildman–Crippen MR) is 91.9 cm³/mol. The molecule has 0 fully saturated rings. The molecule has 0 spiro atoms. The molecule has 0 bridgehead atoms. The number of anilines is 1. The van der Waals surface area contributed by atoms with E-state index in [1.165, 1.54) is 16.8 Å². The number of carbonyl (C=O) groups is 1. The molecule has 2 heterocycles. The van der Waals surface area contributed by atoms with Crippen LogP contribution in [0.5, 0.6) is 11.5 Å². The van der Waals surface area contributed by atoms with Gasteiger partial charge >= 0.3 is 0 Å². The zero-order chi connectivity index (χ0) is 17.1. The number of aryl methyl sites for hydroxylation is 1. The highest BCUT2D eigenvalue weighted by atomic mass is 79.9. The van der Waals surface area contributed by atoms with E-state index in [4.69, 9.17) is 9.47 Å². The van der Waals surface area contributed by atoms with Crippen molar-refractivity contribution >= 4 is 27.5 Å². The number of hydrogen-bond acceptors (Lipinski definition) is 5.